The summed E-state index contributed by atoms with van der Waals surface area (Å²) in [7, 11) is 0. The number of carbonyl (C=O) groups excluding carboxylic acids is 2. The van der Waals surface area contributed by atoms with E-state index in [0.29, 0.717) is 6.54 Å². The predicted molar refractivity (Wildman–Crippen MR) is 112 cm³/mol. The SMILES string of the molecule is O=C(CC1CC(=O)N2CCCCCC2C1(O)c1ccccc1)N1CCCCCC1. The number of aliphatic hydroxyl groups is 1. The molecule has 3 aliphatic heterocycles. The number of hydrogen-bond acceptors (Lipinski definition) is 3. The van der Waals surface area contributed by atoms with Crippen LogP contribution in [0.15, 0.2) is 30.3 Å². The summed E-state index contributed by atoms with van der Waals surface area (Å²) in [5.41, 5.74) is -0.320. The Morgan fingerprint density at radius 3 is 2.34 bits per heavy atom. The van der Waals surface area contributed by atoms with E-state index in [1.54, 1.807) is 0 Å². The van der Waals surface area contributed by atoms with Gasteiger partial charge in [0.2, 0.25) is 11.8 Å². The monoisotopic (exact) mass is 398 g/mol. The van der Waals surface area contributed by atoms with Crippen LogP contribution in [0.25, 0.3) is 0 Å². The molecule has 0 aliphatic carbocycles. The first kappa shape index (κ1) is 20.4. The molecule has 3 heterocycles. The van der Waals surface area contributed by atoms with Gasteiger partial charge in [-0.15, -0.1) is 0 Å². The zero-order chi connectivity index (χ0) is 20.3. The van der Waals surface area contributed by atoms with E-state index in [-0.39, 0.29) is 36.6 Å². The van der Waals surface area contributed by atoms with E-state index >= 15 is 0 Å². The van der Waals surface area contributed by atoms with Crippen LogP contribution < -0.4 is 0 Å². The molecule has 3 unspecified atom stereocenters. The molecule has 158 valence electrons. The number of likely N-dealkylation sites (tertiary alicyclic amines) is 1. The van der Waals surface area contributed by atoms with Gasteiger partial charge < -0.3 is 14.9 Å². The Balaban J connectivity index is 1.64. The molecule has 2 amide bonds. The first-order valence-electron chi connectivity index (χ1n) is 11.5. The predicted octanol–water partition coefficient (Wildman–Crippen LogP) is 3.46. The van der Waals surface area contributed by atoms with Gasteiger partial charge in [0, 0.05) is 38.4 Å². The zero-order valence-corrected chi connectivity index (χ0v) is 17.4. The number of fused-ring (bicyclic) bond motifs is 1. The standard InChI is InChI=1S/C24H34N2O3/c27-22(25-14-8-1-2-9-15-25)17-20-18-23(28)26-16-10-4-7-13-21(26)24(20,29)19-11-5-3-6-12-19/h3,5-6,11-12,20-21,29H,1-2,4,7-10,13-18H2. The summed E-state index contributed by atoms with van der Waals surface area (Å²) in [6.07, 6.45) is 8.84. The average Bonchev–Trinajstić information content (AvgIpc) is 3.16. The van der Waals surface area contributed by atoms with Crippen molar-refractivity contribution in [2.45, 2.75) is 75.9 Å². The summed E-state index contributed by atoms with van der Waals surface area (Å²) in [6.45, 7) is 2.32. The maximum absolute atomic E-state index is 13.2. The Morgan fingerprint density at radius 1 is 0.966 bits per heavy atom. The maximum Gasteiger partial charge on any atom is 0.223 e. The molecule has 0 aromatic heterocycles. The lowest BCUT2D eigenvalue weighted by atomic mass is 9.68. The Hall–Kier alpha value is -1.88. The van der Waals surface area contributed by atoms with Crippen molar-refractivity contribution in [3.8, 4) is 0 Å². The molecule has 29 heavy (non-hydrogen) atoms. The highest BCUT2D eigenvalue weighted by atomic mass is 16.3. The molecule has 5 nitrogen and oxygen atoms in total. The molecule has 3 atom stereocenters. The number of benzene rings is 1. The van der Waals surface area contributed by atoms with Gasteiger partial charge in [0.05, 0.1) is 6.04 Å². The van der Waals surface area contributed by atoms with E-state index < -0.39 is 5.60 Å². The molecule has 1 N–H and O–H groups in total. The second-order valence-electron chi connectivity index (χ2n) is 9.04. The van der Waals surface area contributed by atoms with Gasteiger partial charge in [-0.1, -0.05) is 56.0 Å². The third-order valence-electron chi connectivity index (χ3n) is 7.24. The second kappa shape index (κ2) is 8.86. The summed E-state index contributed by atoms with van der Waals surface area (Å²) in [5, 5.41) is 12.2. The minimum atomic E-state index is -1.17. The molecule has 3 fully saturated rings. The smallest absolute Gasteiger partial charge is 0.223 e. The van der Waals surface area contributed by atoms with Gasteiger partial charge in [-0.3, -0.25) is 9.59 Å². The van der Waals surface area contributed by atoms with Crippen LogP contribution in [0.1, 0.15) is 69.8 Å². The fraction of sp³-hybridized carbons (Fsp3) is 0.667. The summed E-state index contributed by atoms with van der Waals surface area (Å²) in [5.74, 6) is -0.167. The van der Waals surface area contributed by atoms with Crippen LogP contribution in [0.2, 0.25) is 0 Å². The van der Waals surface area contributed by atoms with Crippen LogP contribution >= 0.6 is 0 Å². The normalized spacial score (nSPS) is 31.0. The highest BCUT2D eigenvalue weighted by Crippen LogP contribution is 2.46. The molecule has 0 saturated carbocycles. The Labute approximate surface area is 174 Å². The van der Waals surface area contributed by atoms with Crippen molar-refractivity contribution in [2.75, 3.05) is 19.6 Å². The van der Waals surface area contributed by atoms with Gasteiger partial charge in [0.1, 0.15) is 5.60 Å². The van der Waals surface area contributed by atoms with Crippen molar-refractivity contribution in [1.29, 1.82) is 0 Å². The minimum absolute atomic E-state index is 0.0983. The molecule has 4 rings (SSSR count). The van der Waals surface area contributed by atoms with E-state index in [1.807, 2.05) is 40.1 Å². The molecule has 3 saturated heterocycles. The van der Waals surface area contributed by atoms with Crippen LogP contribution in [-0.2, 0) is 15.2 Å². The summed E-state index contributed by atoms with van der Waals surface area (Å²) >= 11 is 0. The van der Waals surface area contributed by atoms with Crippen LogP contribution in [0.3, 0.4) is 0 Å². The number of carbonyl (C=O) groups is 2. The minimum Gasteiger partial charge on any atom is -0.383 e. The second-order valence-corrected chi connectivity index (χ2v) is 9.04. The topological polar surface area (TPSA) is 60.9 Å². The molecule has 0 radical (unpaired) electrons. The maximum atomic E-state index is 13.2. The molecule has 5 heteroatoms. The highest BCUT2D eigenvalue weighted by molar-refractivity contribution is 5.81. The third kappa shape index (κ3) is 4.07. The lowest BCUT2D eigenvalue weighted by Gasteiger charge is -2.51. The van der Waals surface area contributed by atoms with Crippen LogP contribution in [0.4, 0.5) is 0 Å². The lowest BCUT2D eigenvalue weighted by Crippen LogP contribution is -2.61. The molecular weight excluding hydrogens is 364 g/mol. The first-order valence-corrected chi connectivity index (χ1v) is 11.5. The highest BCUT2D eigenvalue weighted by Gasteiger charge is 2.54. The van der Waals surface area contributed by atoms with E-state index in [2.05, 4.69) is 0 Å². The molecular formula is C24H34N2O3. The number of nitrogens with zero attached hydrogens (tertiary/aromatic N) is 2. The van der Waals surface area contributed by atoms with Crippen molar-refractivity contribution < 1.29 is 14.7 Å². The molecule has 0 spiro atoms. The molecule has 3 aliphatic rings. The Bertz CT molecular complexity index is 714. The number of piperidine rings is 1. The summed E-state index contributed by atoms with van der Waals surface area (Å²) in [6, 6.07) is 9.51. The quantitative estimate of drug-likeness (QED) is 0.848. The van der Waals surface area contributed by atoms with E-state index in [9.17, 15) is 14.7 Å². The van der Waals surface area contributed by atoms with Gasteiger partial charge in [-0.25, -0.2) is 0 Å². The number of amides is 2. The van der Waals surface area contributed by atoms with Crippen LogP contribution in [-0.4, -0.2) is 52.4 Å². The van der Waals surface area contributed by atoms with Crippen molar-refractivity contribution in [3.63, 3.8) is 0 Å². The van der Waals surface area contributed by atoms with Crippen LogP contribution in [0.5, 0.6) is 0 Å². The number of rotatable bonds is 3. The summed E-state index contributed by atoms with van der Waals surface area (Å²) < 4.78 is 0. The fourth-order valence-electron chi connectivity index (χ4n) is 5.64. The molecule has 1 aromatic rings. The molecule has 1 aromatic carbocycles. The Kier molecular flexibility index (Phi) is 6.23. The largest absolute Gasteiger partial charge is 0.383 e. The third-order valence-corrected chi connectivity index (χ3v) is 7.24. The number of hydrogen-bond donors (Lipinski definition) is 1. The van der Waals surface area contributed by atoms with Gasteiger partial charge >= 0.3 is 0 Å². The van der Waals surface area contributed by atoms with Gasteiger partial charge in [0.15, 0.2) is 0 Å². The van der Waals surface area contributed by atoms with Gasteiger partial charge in [0.25, 0.3) is 0 Å². The zero-order valence-electron chi connectivity index (χ0n) is 17.4. The van der Waals surface area contributed by atoms with Gasteiger partial charge in [-0.2, -0.15) is 0 Å². The van der Waals surface area contributed by atoms with Gasteiger partial charge in [-0.05, 0) is 31.2 Å². The lowest BCUT2D eigenvalue weighted by molar-refractivity contribution is -0.170. The van der Waals surface area contributed by atoms with Crippen molar-refractivity contribution in [1.82, 2.24) is 9.80 Å². The summed E-state index contributed by atoms with van der Waals surface area (Å²) in [4.78, 5) is 30.0. The van der Waals surface area contributed by atoms with Crippen molar-refractivity contribution in [2.24, 2.45) is 5.92 Å². The molecule has 0 bridgehead atoms. The first-order chi connectivity index (χ1) is 14.1. The van der Waals surface area contributed by atoms with Crippen molar-refractivity contribution >= 4 is 11.8 Å². The van der Waals surface area contributed by atoms with E-state index in [4.69, 9.17) is 0 Å². The fourth-order valence-corrected chi connectivity index (χ4v) is 5.64. The average molecular weight is 399 g/mol. The Morgan fingerprint density at radius 2 is 1.62 bits per heavy atom. The van der Waals surface area contributed by atoms with E-state index in [0.717, 1.165) is 57.2 Å². The van der Waals surface area contributed by atoms with Crippen molar-refractivity contribution in [3.05, 3.63) is 35.9 Å². The van der Waals surface area contributed by atoms with Crippen LogP contribution in [0, 0.1) is 5.92 Å². The van der Waals surface area contributed by atoms with E-state index in [1.165, 1.54) is 12.8 Å².